The molecule has 1 unspecified atom stereocenters. The van der Waals surface area contributed by atoms with Crippen LogP contribution < -0.4 is 17.0 Å². The van der Waals surface area contributed by atoms with Gasteiger partial charge in [0.15, 0.2) is 6.10 Å². The minimum Gasteiger partial charge on any atom is -1.00 e. The summed E-state index contributed by atoms with van der Waals surface area (Å²) in [6, 6.07) is 18.3. The highest BCUT2D eigenvalue weighted by atomic mass is 79.9. The normalized spacial score (nSPS) is 28.1. The molecule has 0 amide bonds. The van der Waals surface area contributed by atoms with Crippen molar-refractivity contribution in [3.05, 3.63) is 70.7 Å². The average molecular weight is 564 g/mol. The number of nitrogens with zero attached hydrogens (tertiary/aromatic N) is 2. The summed E-state index contributed by atoms with van der Waals surface area (Å²) in [6.07, 6.45) is 3.25. The van der Waals surface area contributed by atoms with E-state index in [0.717, 1.165) is 60.5 Å². The molecule has 4 aliphatic heterocycles. The number of ether oxygens (including phenoxy) is 2. The number of hydrogen-bond donors (Lipinski definition) is 0. The van der Waals surface area contributed by atoms with Crippen LogP contribution in [-0.2, 0) is 26.2 Å². The number of carbonyl (C=O) groups excluding carboxylic acids is 1. The molecule has 0 N–H and O–H groups in total. The van der Waals surface area contributed by atoms with Crippen molar-refractivity contribution >= 4 is 17.6 Å². The number of quaternary nitrogens is 1. The lowest BCUT2D eigenvalue weighted by Gasteiger charge is -2.52. The molecule has 0 radical (unpaired) electrons. The lowest BCUT2D eigenvalue weighted by molar-refractivity contribution is -0.946. The third kappa shape index (κ3) is 5.62. The quantitative estimate of drug-likeness (QED) is 0.376. The first-order valence-electron chi connectivity index (χ1n) is 12.7. The zero-order valence-corrected chi connectivity index (χ0v) is 22.8. The molecule has 2 bridgehead atoms. The number of carbonyl (C=O) groups is 1. The third-order valence-corrected chi connectivity index (χ3v) is 8.68. The molecule has 4 aliphatic rings. The number of piperidine rings is 3. The number of fused-ring (bicyclic) bond motifs is 3. The summed E-state index contributed by atoms with van der Waals surface area (Å²) in [7, 11) is 0. The van der Waals surface area contributed by atoms with Crippen LogP contribution in [0.2, 0.25) is 5.02 Å². The molecule has 4 fully saturated rings. The molecule has 7 heteroatoms. The largest absolute Gasteiger partial charge is 1.00 e. The molecule has 2 aromatic carbocycles. The average Bonchev–Trinajstić information content (AvgIpc) is 2.89. The standard InChI is InChI=1S/C28H36ClN2O3.BrH/c1-28(24-7-3-2-4-8-24,30-13-18-33-19-14-30)27(32)34-26-21-31(16-11-23(26)12-17-31)15-10-22-6-5-9-25(29)20-22;/h2-9,20,23,26H,10-19,21H2,1H3;1H/q+1;/p-1/t23?,26-,28?,31?;/m0./s1. The van der Waals surface area contributed by atoms with Gasteiger partial charge < -0.3 is 30.9 Å². The maximum Gasteiger partial charge on any atom is 0.331 e. The summed E-state index contributed by atoms with van der Waals surface area (Å²) in [4.78, 5) is 16.1. The van der Waals surface area contributed by atoms with Gasteiger partial charge in [0.05, 0.1) is 32.8 Å². The van der Waals surface area contributed by atoms with Gasteiger partial charge >= 0.3 is 5.97 Å². The molecule has 5 nitrogen and oxygen atoms in total. The Morgan fingerprint density at radius 3 is 2.51 bits per heavy atom. The summed E-state index contributed by atoms with van der Waals surface area (Å²) in [5, 5.41) is 0.796. The van der Waals surface area contributed by atoms with E-state index in [9.17, 15) is 4.79 Å². The van der Waals surface area contributed by atoms with Crippen molar-refractivity contribution in [3.63, 3.8) is 0 Å². The van der Waals surface area contributed by atoms with E-state index in [1.54, 1.807) is 0 Å². The molecule has 0 aliphatic carbocycles. The molecule has 35 heavy (non-hydrogen) atoms. The van der Waals surface area contributed by atoms with Crippen LogP contribution in [0.3, 0.4) is 0 Å². The van der Waals surface area contributed by atoms with Crippen LogP contribution in [0, 0.1) is 5.92 Å². The van der Waals surface area contributed by atoms with E-state index < -0.39 is 5.54 Å². The lowest BCUT2D eigenvalue weighted by atomic mass is 9.82. The van der Waals surface area contributed by atoms with Gasteiger partial charge in [0.2, 0.25) is 0 Å². The summed E-state index contributed by atoms with van der Waals surface area (Å²) < 4.78 is 13.1. The Labute approximate surface area is 224 Å². The topological polar surface area (TPSA) is 38.8 Å². The summed E-state index contributed by atoms with van der Waals surface area (Å²) in [6.45, 7) is 9.13. The molecule has 190 valence electrons. The van der Waals surface area contributed by atoms with Crippen molar-refractivity contribution < 1.29 is 35.7 Å². The Balaban J connectivity index is 0.00000289. The first-order chi connectivity index (χ1) is 16.5. The van der Waals surface area contributed by atoms with Gasteiger partial charge in [0.25, 0.3) is 0 Å². The van der Waals surface area contributed by atoms with Gasteiger partial charge in [-0.1, -0.05) is 54.1 Å². The van der Waals surface area contributed by atoms with E-state index >= 15 is 0 Å². The first kappa shape index (κ1) is 26.6. The maximum absolute atomic E-state index is 13.9. The maximum atomic E-state index is 13.9. The molecule has 0 aromatic heterocycles. The van der Waals surface area contributed by atoms with E-state index in [2.05, 4.69) is 17.0 Å². The van der Waals surface area contributed by atoms with Crippen LogP contribution in [0.1, 0.15) is 30.9 Å². The fourth-order valence-electron chi connectivity index (χ4n) is 6.18. The second-order valence-electron chi connectivity index (χ2n) is 10.4. The number of rotatable bonds is 7. The highest BCUT2D eigenvalue weighted by molar-refractivity contribution is 6.30. The van der Waals surface area contributed by atoms with E-state index in [1.807, 2.05) is 49.4 Å². The Bertz CT molecular complexity index is 993. The number of morpholine rings is 1. The predicted molar refractivity (Wildman–Crippen MR) is 134 cm³/mol. The molecule has 4 heterocycles. The Morgan fingerprint density at radius 1 is 1.11 bits per heavy atom. The van der Waals surface area contributed by atoms with Gasteiger partial charge in [-0.15, -0.1) is 0 Å². The van der Waals surface area contributed by atoms with Crippen LogP contribution in [-0.4, -0.2) is 73.9 Å². The summed E-state index contributed by atoms with van der Waals surface area (Å²) in [5.74, 6) is 0.354. The lowest BCUT2D eigenvalue weighted by Crippen LogP contribution is -3.00. The van der Waals surface area contributed by atoms with Gasteiger partial charge in [0.1, 0.15) is 12.1 Å². The number of esters is 1. The van der Waals surface area contributed by atoms with Gasteiger partial charge in [-0.3, -0.25) is 4.90 Å². The van der Waals surface area contributed by atoms with Crippen LogP contribution >= 0.6 is 11.6 Å². The van der Waals surface area contributed by atoms with E-state index in [-0.39, 0.29) is 29.1 Å². The van der Waals surface area contributed by atoms with E-state index in [4.69, 9.17) is 21.1 Å². The Morgan fingerprint density at radius 2 is 1.83 bits per heavy atom. The van der Waals surface area contributed by atoms with Crippen LogP contribution in [0.4, 0.5) is 0 Å². The minimum absolute atomic E-state index is 0. The molecule has 0 spiro atoms. The highest BCUT2D eigenvalue weighted by Crippen LogP contribution is 2.38. The zero-order valence-electron chi connectivity index (χ0n) is 20.5. The molecule has 4 saturated heterocycles. The fourth-order valence-corrected chi connectivity index (χ4v) is 6.40. The first-order valence-corrected chi connectivity index (χ1v) is 13.1. The van der Waals surface area contributed by atoms with Crippen molar-refractivity contribution in [3.8, 4) is 0 Å². The smallest absolute Gasteiger partial charge is 0.331 e. The number of benzene rings is 2. The molecular weight excluding hydrogens is 528 g/mol. The highest BCUT2D eigenvalue weighted by Gasteiger charge is 2.50. The molecule has 6 rings (SSSR count). The zero-order chi connectivity index (χ0) is 23.6. The van der Waals surface area contributed by atoms with Crippen LogP contribution in [0.15, 0.2) is 54.6 Å². The van der Waals surface area contributed by atoms with Crippen molar-refractivity contribution in [2.75, 3.05) is 52.5 Å². The Hall–Kier alpha value is -1.44. The SMILES string of the molecule is CC(C(=O)O[C@H]1C[N+]2(CCc3cccc(Cl)c3)CCC1CC2)(c1ccccc1)N1CCOCC1.[Br-]. The predicted octanol–water partition coefficient (Wildman–Crippen LogP) is 1.29. The number of hydrogen-bond acceptors (Lipinski definition) is 4. The molecular formula is C28H36BrClN2O3. The minimum atomic E-state index is -0.803. The summed E-state index contributed by atoms with van der Waals surface area (Å²) in [5.41, 5.74) is 1.47. The van der Waals surface area contributed by atoms with Crippen LogP contribution in [0.25, 0.3) is 0 Å². The van der Waals surface area contributed by atoms with Crippen molar-refractivity contribution in [1.29, 1.82) is 0 Å². The van der Waals surface area contributed by atoms with Gasteiger partial charge in [-0.25, -0.2) is 4.79 Å². The van der Waals surface area contributed by atoms with Crippen LogP contribution in [0.5, 0.6) is 0 Å². The second-order valence-corrected chi connectivity index (χ2v) is 10.8. The van der Waals surface area contributed by atoms with Crippen molar-refractivity contribution in [2.45, 2.75) is 37.8 Å². The van der Waals surface area contributed by atoms with E-state index in [0.29, 0.717) is 19.1 Å². The van der Waals surface area contributed by atoms with Gasteiger partial charge in [0, 0.05) is 43.3 Å². The van der Waals surface area contributed by atoms with Crippen molar-refractivity contribution in [1.82, 2.24) is 4.90 Å². The summed E-state index contributed by atoms with van der Waals surface area (Å²) >= 11 is 6.21. The van der Waals surface area contributed by atoms with Crippen molar-refractivity contribution in [2.24, 2.45) is 5.92 Å². The van der Waals surface area contributed by atoms with Gasteiger partial charge in [-0.2, -0.15) is 0 Å². The van der Waals surface area contributed by atoms with Gasteiger partial charge in [-0.05, 0) is 30.2 Å². The monoisotopic (exact) mass is 562 g/mol. The molecule has 2 aromatic rings. The fraction of sp³-hybridized carbons (Fsp3) is 0.536. The molecule has 2 atom stereocenters. The Kier molecular flexibility index (Phi) is 8.60. The second kappa shape index (κ2) is 11.3. The van der Waals surface area contributed by atoms with E-state index in [1.165, 1.54) is 18.7 Å². The molecule has 0 saturated carbocycles. The number of halogens is 2. The third-order valence-electron chi connectivity index (χ3n) is 8.44.